The highest BCUT2D eigenvalue weighted by Crippen LogP contribution is 2.24. The highest BCUT2D eigenvalue weighted by atomic mass is 16.2. The molecule has 5 heteroatoms. The van der Waals surface area contributed by atoms with Crippen LogP contribution >= 0.6 is 0 Å². The molecule has 5 nitrogen and oxygen atoms in total. The smallest absolute Gasteiger partial charge is 0.227 e. The summed E-state index contributed by atoms with van der Waals surface area (Å²) in [5.41, 5.74) is 0.679. The van der Waals surface area contributed by atoms with Crippen molar-refractivity contribution in [1.29, 1.82) is 0 Å². The number of nitrogens with one attached hydrogen (secondary N) is 3. The topological polar surface area (TPSA) is 69.8 Å². The first-order valence-electron chi connectivity index (χ1n) is 5.18. The minimum Gasteiger partial charge on any atom is -0.350 e. The molecular formula is C10H16N4O. The first-order valence-corrected chi connectivity index (χ1v) is 5.18. The van der Waals surface area contributed by atoms with Gasteiger partial charge in [0, 0.05) is 12.7 Å². The van der Waals surface area contributed by atoms with Crippen molar-refractivity contribution in [1.82, 2.24) is 20.8 Å². The molecule has 0 saturated carbocycles. The van der Waals surface area contributed by atoms with Gasteiger partial charge in [-0.2, -0.15) is 5.10 Å². The van der Waals surface area contributed by atoms with Crippen LogP contribution in [0.1, 0.15) is 19.0 Å². The van der Waals surface area contributed by atoms with E-state index in [9.17, 15) is 4.79 Å². The fraction of sp³-hybridized carbons (Fsp3) is 0.600. The Morgan fingerprint density at radius 1 is 1.73 bits per heavy atom. The van der Waals surface area contributed by atoms with Gasteiger partial charge in [-0.25, -0.2) is 0 Å². The zero-order valence-corrected chi connectivity index (χ0v) is 8.84. The predicted octanol–water partition coefficient (Wildman–Crippen LogP) is 0.0255. The van der Waals surface area contributed by atoms with Gasteiger partial charge in [0.05, 0.1) is 17.7 Å². The maximum Gasteiger partial charge on any atom is 0.227 e. The second kappa shape index (κ2) is 4.02. The number of aromatic nitrogens is 2. The molecule has 3 N–H and O–H groups in total. The Balaban J connectivity index is 1.87. The molecular weight excluding hydrogens is 192 g/mol. The molecule has 1 unspecified atom stereocenters. The number of amides is 1. The number of carbonyl (C=O) groups excluding carboxylic acids is 1. The summed E-state index contributed by atoms with van der Waals surface area (Å²) in [5.74, 6) is 0.113. The van der Waals surface area contributed by atoms with Gasteiger partial charge in [0.2, 0.25) is 5.91 Å². The molecule has 82 valence electrons. The Labute approximate surface area is 88.6 Å². The standard InChI is InChI=1S/C10H16N4O/c1-10(3-5-11-7-10)9(15)12-6-8-2-4-13-14-8/h2,4,11H,3,5-7H2,1H3,(H,12,15)(H,13,14). The van der Waals surface area contributed by atoms with Crippen LogP contribution in [0, 0.1) is 5.41 Å². The minimum atomic E-state index is -0.250. The molecule has 2 rings (SSSR count). The van der Waals surface area contributed by atoms with Crippen LogP contribution in [0.5, 0.6) is 0 Å². The van der Waals surface area contributed by atoms with Gasteiger partial charge < -0.3 is 10.6 Å². The van der Waals surface area contributed by atoms with E-state index in [1.165, 1.54) is 0 Å². The van der Waals surface area contributed by atoms with E-state index in [-0.39, 0.29) is 11.3 Å². The summed E-state index contributed by atoms with van der Waals surface area (Å²) >= 11 is 0. The van der Waals surface area contributed by atoms with Crippen molar-refractivity contribution in [3.63, 3.8) is 0 Å². The van der Waals surface area contributed by atoms with E-state index >= 15 is 0 Å². The van der Waals surface area contributed by atoms with E-state index in [4.69, 9.17) is 0 Å². The fourth-order valence-corrected chi connectivity index (χ4v) is 1.78. The first kappa shape index (κ1) is 10.2. The fourth-order valence-electron chi connectivity index (χ4n) is 1.78. The van der Waals surface area contributed by atoms with Crippen LogP contribution in [0.3, 0.4) is 0 Å². The average molecular weight is 208 g/mol. The van der Waals surface area contributed by atoms with Crippen molar-refractivity contribution in [2.75, 3.05) is 13.1 Å². The maximum absolute atomic E-state index is 11.9. The van der Waals surface area contributed by atoms with Gasteiger partial charge in [0.15, 0.2) is 0 Å². The van der Waals surface area contributed by atoms with Crippen molar-refractivity contribution < 1.29 is 4.79 Å². The zero-order valence-electron chi connectivity index (χ0n) is 8.84. The van der Waals surface area contributed by atoms with Gasteiger partial charge in [-0.05, 0) is 26.0 Å². The third-order valence-electron chi connectivity index (χ3n) is 2.91. The van der Waals surface area contributed by atoms with Crippen LogP contribution < -0.4 is 10.6 Å². The van der Waals surface area contributed by atoms with E-state index < -0.39 is 0 Å². The van der Waals surface area contributed by atoms with E-state index in [1.54, 1.807) is 6.20 Å². The largest absolute Gasteiger partial charge is 0.350 e. The molecule has 1 aliphatic rings. The van der Waals surface area contributed by atoms with E-state index in [1.807, 2.05) is 13.0 Å². The summed E-state index contributed by atoms with van der Waals surface area (Å²) in [7, 11) is 0. The van der Waals surface area contributed by atoms with Gasteiger partial charge in [-0.3, -0.25) is 9.89 Å². The van der Waals surface area contributed by atoms with E-state index in [2.05, 4.69) is 20.8 Å². The molecule has 1 aromatic rings. The monoisotopic (exact) mass is 208 g/mol. The molecule has 0 aliphatic carbocycles. The SMILES string of the molecule is CC1(C(=O)NCc2ccn[nH]2)CCNC1. The summed E-state index contributed by atoms with van der Waals surface area (Å²) in [4.78, 5) is 11.9. The number of carbonyl (C=O) groups is 1. The van der Waals surface area contributed by atoms with Crippen molar-refractivity contribution in [3.05, 3.63) is 18.0 Å². The quantitative estimate of drug-likeness (QED) is 0.656. The lowest BCUT2D eigenvalue weighted by atomic mass is 9.89. The molecule has 1 aromatic heterocycles. The van der Waals surface area contributed by atoms with Crippen LogP contribution in [-0.2, 0) is 11.3 Å². The lowest BCUT2D eigenvalue weighted by Gasteiger charge is -2.21. The Bertz CT molecular complexity index is 327. The van der Waals surface area contributed by atoms with Gasteiger partial charge in [0.1, 0.15) is 0 Å². The minimum absolute atomic E-state index is 0.113. The lowest BCUT2D eigenvalue weighted by molar-refractivity contribution is -0.129. The number of hydrogen-bond acceptors (Lipinski definition) is 3. The molecule has 15 heavy (non-hydrogen) atoms. The summed E-state index contributed by atoms with van der Waals surface area (Å²) in [5, 5.41) is 12.8. The highest BCUT2D eigenvalue weighted by molar-refractivity contribution is 5.82. The Morgan fingerprint density at radius 3 is 3.20 bits per heavy atom. The molecule has 0 spiro atoms. The zero-order chi connectivity index (χ0) is 10.7. The number of H-pyrrole nitrogens is 1. The summed E-state index contributed by atoms with van der Waals surface area (Å²) in [6.45, 7) is 4.21. The highest BCUT2D eigenvalue weighted by Gasteiger charge is 2.35. The molecule has 1 saturated heterocycles. The summed E-state index contributed by atoms with van der Waals surface area (Å²) < 4.78 is 0. The van der Waals surface area contributed by atoms with E-state index in [0.29, 0.717) is 6.54 Å². The molecule has 2 heterocycles. The third-order valence-corrected chi connectivity index (χ3v) is 2.91. The molecule has 1 amide bonds. The number of nitrogens with zero attached hydrogens (tertiary/aromatic N) is 1. The molecule has 1 fully saturated rings. The Hall–Kier alpha value is -1.36. The van der Waals surface area contributed by atoms with Crippen LogP contribution in [-0.4, -0.2) is 29.2 Å². The van der Waals surface area contributed by atoms with Gasteiger partial charge in [0.25, 0.3) is 0 Å². The number of hydrogen-bond donors (Lipinski definition) is 3. The lowest BCUT2D eigenvalue weighted by Crippen LogP contribution is -2.40. The first-order chi connectivity index (χ1) is 7.21. The van der Waals surface area contributed by atoms with Gasteiger partial charge in [-0.1, -0.05) is 0 Å². The van der Waals surface area contributed by atoms with E-state index in [0.717, 1.165) is 25.2 Å². The van der Waals surface area contributed by atoms with Crippen LogP contribution in [0.4, 0.5) is 0 Å². The van der Waals surface area contributed by atoms with Crippen molar-refractivity contribution in [2.24, 2.45) is 5.41 Å². The third kappa shape index (κ3) is 2.18. The predicted molar refractivity (Wildman–Crippen MR) is 56.0 cm³/mol. The normalized spacial score (nSPS) is 25.4. The van der Waals surface area contributed by atoms with Crippen LogP contribution in [0.15, 0.2) is 12.3 Å². The van der Waals surface area contributed by atoms with Crippen LogP contribution in [0.2, 0.25) is 0 Å². The van der Waals surface area contributed by atoms with Crippen molar-refractivity contribution >= 4 is 5.91 Å². The Morgan fingerprint density at radius 2 is 2.60 bits per heavy atom. The average Bonchev–Trinajstić information content (AvgIpc) is 2.85. The number of aromatic amines is 1. The van der Waals surface area contributed by atoms with Crippen LogP contribution in [0.25, 0.3) is 0 Å². The summed E-state index contributed by atoms with van der Waals surface area (Å²) in [6.07, 6.45) is 2.59. The maximum atomic E-state index is 11.9. The summed E-state index contributed by atoms with van der Waals surface area (Å²) in [6, 6.07) is 1.86. The second-order valence-corrected chi connectivity index (χ2v) is 4.25. The molecule has 0 bridgehead atoms. The van der Waals surface area contributed by atoms with Gasteiger partial charge >= 0.3 is 0 Å². The van der Waals surface area contributed by atoms with Crippen molar-refractivity contribution in [2.45, 2.75) is 19.9 Å². The van der Waals surface area contributed by atoms with Gasteiger partial charge in [-0.15, -0.1) is 0 Å². The Kier molecular flexibility index (Phi) is 2.73. The molecule has 1 aliphatic heterocycles. The molecule has 0 radical (unpaired) electrons. The number of rotatable bonds is 3. The molecule has 1 atom stereocenters. The molecule has 0 aromatic carbocycles. The van der Waals surface area contributed by atoms with Crippen molar-refractivity contribution in [3.8, 4) is 0 Å². The second-order valence-electron chi connectivity index (χ2n) is 4.25.